The first-order chi connectivity index (χ1) is 6.61. The fourth-order valence-corrected chi connectivity index (χ4v) is 0.973. The molecule has 0 saturated carbocycles. The van der Waals surface area contributed by atoms with Gasteiger partial charge >= 0.3 is 0 Å². The average molecular weight is 190 g/mol. The first kappa shape index (κ1) is 10.3. The third-order valence-corrected chi connectivity index (χ3v) is 1.84. The number of amides is 1. The minimum atomic E-state index is -0.0479. The van der Waals surface area contributed by atoms with E-state index in [1.807, 2.05) is 18.2 Å². The topological polar surface area (TPSA) is 46.3 Å². The zero-order chi connectivity index (χ0) is 10.6. The van der Waals surface area contributed by atoms with Crippen LogP contribution in [0.4, 0.5) is 5.69 Å². The van der Waals surface area contributed by atoms with Crippen LogP contribution in [0.25, 0.3) is 6.08 Å². The summed E-state index contributed by atoms with van der Waals surface area (Å²) < 4.78 is 0. The van der Waals surface area contributed by atoms with Crippen LogP contribution >= 0.6 is 0 Å². The van der Waals surface area contributed by atoms with E-state index in [0.717, 1.165) is 5.56 Å². The maximum atomic E-state index is 11.2. The molecule has 3 nitrogen and oxygen atoms in total. The Kier molecular flexibility index (Phi) is 3.29. The van der Waals surface area contributed by atoms with E-state index in [2.05, 4.69) is 0 Å². The summed E-state index contributed by atoms with van der Waals surface area (Å²) >= 11 is 0. The molecule has 0 fully saturated rings. The summed E-state index contributed by atoms with van der Waals surface area (Å²) in [5, 5.41) is 0. The van der Waals surface area contributed by atoms with Gasteiger partial charge in [-0.3, -0.25) is 4.79 Å². The Morgan fingerprint density at radius 1 is 1.36 bits per heavy atom. The van der Waals surface area contributed by atoms with Crippen molar-refractivity contribution < 1.29 is 4.79 Å². The van der Waals surface area contributed by atoms with Crippen molar-refractivity contribution >= 4 is 17.7 Å². The van der Waals surface area contributed by atoms with Crippen molar-refractivity contribution in [1.82, 2.24) is 4.90 Å². The van der Waals surface area contributed by atoms with Gasteiger partial charge in [0.25, 0.3) is 0 Å². The number of hydrogen-bond donors (Lipinski definition) is 1. The molecular formula is C11H14N2O. The number of benzene rings is 1. The minimum absolute atomic E-state index is 0.0479. The maximum absolute atomic E-state index is 11.2. The smallest absolute Gasteiger partial charge is 0.246 e. The van der Waals surface area contributed by atoms with Crippen molar-refractivity contribution in [2.45, 2.75) is 0 Å². The van der Waals surface area contributed by atoms with Crippen molar-refractivity contribution in [3.05, 3.63) is 35.9 Å². The van der Waals surface area contributed by atoms with E-state index < -0.39 is 0 Å². The number of nitrogen functional groups attached to an aromatic ring is 1. The van der Waals surface area contributed by atoms with Crippen LogP contribution in [0.2, 0.25) is 0 Å². The first-order valence-corrected chi connectivity index (χ1v) is 4.35. The Morgan fingerprint density at radius 3 is 2.57 bits per heavy atom. The number of rotatable bonds is 2. The van der Waals surface area contributed by atoms with Gasteiger partial charge in [-0.15, -0.1) is 0 Å². The summed E-state index contributed by atoms with van der Waals surface area (Å²) in [4.78, 5) is 12.7. The molecule has 0 aliphatic rings. The molecule has 14 heavy (non-hydrogen) atoms. The van der Waals surface area contributed by atoms with Crippen molar-refractivity contribution in [1.29, 1.82) is 0 Å². The molecule has 74 valence electrons. The van der Waals surface area contributed by atoms with Gasteiger partial charge in [0.05, 0.1) is 0 Å². The maximum Gasteiger partial charge on any atom is 0.246 e. The Morgan fingerprint density at radius 2 is 2.00 bits per heavy atom. The molecule has 0 aliphatic carbocycles. The number of carbonyl (C=O) groups excluding carboxylic acids is 1. The van der Waals surface area contributed by atoms with E-state index in [1.54, 1.807) is 26.2 Å². The second-order valence-corrected chi connectivity index (χ2v) is 3.19. The lowest BCUT2D eigenvalue weighted by molar-refractivity contribution is -0.123. The predicted molar refractivity (Wildman–Crippen MR) is 58.6 cm³/mol. The van der Waals surface area contributed by atoms with Crippen LogP contribution in [-0.2, 0) is 4.79 Å². The Hall–Kier alpha value is -1.77. The van der Waals surface area contributed by atoms with Crippen LogP contribution in [-0.4, -0.2) is 24.9 Å². The number of para-hydroxylation sites is 1. The molecule has 1 aromatic rings. The van der Waals surface area contributed by atoms with Crippen LogP contribution < -0.4 is 5.73 Å². The lowest BCUT2D eigenvalue weighted by Gasteiger charge is -2.05. The zero-order valence-corrected chi connectivity index (χ0v) is 8.40. The Balaban J connectivity index is 2.79. The second kappa shape index (κ2) is 4.46. The van der Waals surface area contributed by atoms with Gasteiger partial charge in [0, 0.05) is 25.9 Å². The molecule has 0 bridgehead atoms. The Bertz CT molecular complexity index is 356. The normalized spacial score (nSPS) is 10.4. The molecule has 0 heterocycles. The number of nitrogens with two attached hydrogens (primary N) is 1. The van der Waals surface area contributed by atoms with Crippen LogP contribution in [0.1, 0.15) is 5.56 Å². The quantitative estimate of drug-likeness (QED) is 0.565. The van der Waals surface area contributed by atoms with Gasteiger partial charge in [-0.25, -0.2) is 0 Å². The lowest BCUT2D eigenvalue weighted by Crippen LogP contribution is -2.18. The van der Waals surface area contributed by atoms with Gasteiger partial charge < -0.3 is 10.6 Å². The fraction of sp³-hybridized carbons (Fsp3) is 0.182. The number of carbonyl (C=O) groups is 1. The van der Waals surface area contributed by atoms with E-state index in [1.165, 1.54) is 11.0 Å². The van der Waals surface area contributed by atoms with E-state index in [0.29, 0.717) is 5.69 Å². The molecule has 0 unspecified atom stereocenters. The molecular weight excluding hydrogens is 176 g/mol. The zero-order valence-electron chi connectivity index (χ0n) is 8.40. The standard InChI is InChI=1S/C11H14N2O/c1-13(2)11(14)8-7-9-5-3-4-6-10(9)12/h3-8H,12H2,1-2H3/b8-7+. The van der Waals surface area contributed by atoms with Gasteiger partial charge in [0.2, 0.25) is 5.91 Å². The average Bonchev–Trinajstić information content (AvgIpc) is 2.16. The first-order valence-electron chi connectivity index (χ1n) is 4.35. The van der Waals surface area contributed by atoms with Crippen molar-refractivity contribution in [2.75, 3.05) is 19.8 Å². The third-order valence-electron chi connectivity index (χ3n) is 1.84. The van der Waals surface area contributed by atoms with Crippen LogP contribution in [0.15, 0.2) is 30.3 Å². The summed E-state index contributed by atoms with van der Waals surface area (Å²) in [5.74, 6) is -0.0479. The largest absolute Gasteiger partial charge is 0.398 e. The molecule has 1 amide bonds. The summed E-state index contributed by atoms with van der Waals surface area (Å²) in [7, 11) is 3.42. The van der Waals surface area contributed by atoms with Crippen molar-refractivity contribution in [2.24, 2.45) is 0 Å². The molecule has 0 spiro atoms. The number of likely N-dealkylation sites (N-methyl/N-ethyl adjacent to an activating group) is 1. The molecule has 0 saturated heterocycles. The van der Waals surface area contributed by atoms with Gasteiger partial charge in [-0.2, -0.15) is 0 Å². The van der Waals surface area contributed by atoms with Gasteiger partial charge in [-0.1, -0.05) is 18.2 Å². The number of hydrogen-bond acceptors (Lipinski definition) is 2. The van der Waals surface area contributed by atoms with Gasteiger partial charge in [-0.05, 0) is 17.7 Å². The molecule has 0 radical (unpaired) electrons. The highest BCUT2D eigenvalue weighted by atomic mass is 16.2. The monoisotopic (exact) mass is 190 g/mol. The van der Waals surface area contributed by atoms with Crippen LogP contribution in [0.3, 0.4) is 0 Å². The Labute approximate surface area is 83.8 Å². The molecule has 1 rings (SSSR count). The minimum Gasteiger partial charge on any atom is -0.398 e. The van der Waals surface area contributed by atoms with E-state index in [9.17, 15) is 4.79 Å². The highest BCUT2D eigenvalue weighted by Crippen LogP contribution is 2.11. The molecule has 3 heteroatoms. The van der Waals surface area contributed by atoms with Gasteiger partial charge in [0.1, 0.15) is 0 Å². The summed E-state index contributed by atoms with van der Waals surface area (Å²) in [6.45, 7) is 0. The van der Waals surface area contributed by atoms with E-state index >= 15 is 0 Å². The van der Waals surface area contributed by atoms with Crippen molar-refractivity contribution in [3.8, 4) is 0 Å². The summed E-state index contributed by atoms with van der Waals surface area (Å²) in [6, 6.07) is 7.42. The van der Waals surface area contributed by atoms with Gasteiger partial charge in [0.15, 0.2) is 0 Å². The predicted octanol–water partition coefficient (Wildman–Crippen LogP) is 1.37. The highest BCUT2D eigenvalue weighted by Gasteiger charge is 1.97. The summed E-state index contributed by atoms with van der Waals surface area (Å²) in [6.07, 6.45) is 3.23. The molecule has 0 aromatic heterocycles. The van der Waals surface area contributed by atoms with Crippen LogP contribution in [0, 0.1) is 0 Å². The molecule has 0 aliphatic heterocycles. The number of nitrogens with zero attached hydrogens (tertiary/aromatic N) is 1. The molecule has 2 N–H and O–H groups in total. The van der Waals surface area contributed by atoms with E-state index in [4.69, 9.17) is 5.73 Å². The second-order valence-electron chi connectivity index (χ2n) is 3.19. The highest BCUT2D eigenvalue weighted by molar-refractivity contribution is 5.92. The molecule has 1 aromatic carbocycles. The number of anilines is 1. The van der Waals surface area contributed by atoms with Crippen molar-refractivity contribution in [3.63, 3.8) is 0 Å². The SMILES string of the molecule is CN(C)C(=O)/C=C/c1ccccc1N. The molecule has 0 atom stereocenters. The fourth-order valence-electron chi connectivity index (χ4n) is 0.973. The van der Waals surface area contributed by atoms with E-state index in [-0.39, 0.29) is 5.91 Å². The third kappa shape index (κ3) is 2.62. The lowest BCUT2D eigenvalue weighted by atomic mass is 10.1. The van der Waals surface area contributed by atoms with Crippen LogP contribution in [0.5, 0.6) is 0 Å². The summed E-state index contributed by atoms with van der Waals surface area (Å²) in [5.41, 5.74) is 7.25.